The Kier molecular flexibility index (Phi) is 5.89. The number of hydrogen-bond donors (Lipinski definition) is 1. The molecule has 6 nitrogen and oxygen atoms in total. The molecule has 0 fully saturated rings. The zero-order valence-electron chi connectivity index (χ0n) is 16.2. The second-order valence-electron chi connectivity index (χ2n) is 6.35. The van der Waals surface area contributed by atoms with Crippen LogP contribution in [-0.4, -0.2) is 24.7 Å². The third-order valence-electron chi connectivity index (χ3n) is 4.60. The van der Waals surface area contributed by atoms with Crippen LogP contribution in [0.3, 0.4) is 0 Å². The molecule has 2 aromatic carbocycles. The van der Waals surface area contributed by atoms with Crippen molar-refractivity contribution in [3.05, 3.63) is 76.1 Å². The Bertz CT molecular complexity index is 1070. The van der Waals surface area contributed by atoms with E-state index in [9.17, 15) is 9.59 Å². The Morgan fingerprint density at radius 3 is 2.46 bits per heavy atom. The second kappa shape index (κ2) is 8.52. The van der Waals surface area contributed by atoms with Crippen molar-refractivity contribution in [2.75, 3.05) is 18.0 Å². The number of hydrogen-bond acceptors (Lipinski definition) is 5. The van der Waals surface area contributed by atoms with Crippen LogP contribution in [0.15, 0.2) is 68.9 Å². The smallest absolute Gasteiger partial charge is 0.345 e. The van der Waals surface area contributed by atoms with Gasteiger partial charge in [-0.15, -0.1) is 0 Å². The predicted molar refractivity (Wildman–Crippen MR) is 112 cm³/mol. The molecule has 1 heterocycles. The Balaban J connectivity index is 1.88. The van der Waals surface area contributed by atoms with Gasteiger partial charge in [0.25, 0.3) is 5.91 Å². The maximum absolute atomic E-state index is 12.4. The first-order valence-corrected chi connectivity index (χ1v) is 9.26. The molecule has 1 aromatic heterocycles. The third-order valence-corrected chi connectivity index (χ3v) is 4.60. The molecule has 1 amide bonds. The van der Waals surface area contributed by atoms with Gasteiger partial charge in [-0.1, -0.05) is 18.2 Å². The van der Waals surface area contributed by atoms with Crippen LogP contribution in [0.4, 0.5) is 5.69 Å². The summed E-state index contributed by atoms with van der Waals surface area (Å²) in [6.45, 7) is 7.56. The van der Waals surface area contributed by atoms with Gasteiger partial charge >= 0.3 is 5.63 Å². The summed E-state index contributed by atoms with van der Waals surface area (Å²) in [5.74, 6) is -0.339. The van der Waals surface area contributed by atoms with E-state index in [1.165, 1.54) is 0 Å². The van der Waals surface area contributed by atoms with E-state index in [0.717, 1.165) is 24.2 Å². The third kappa shape index (κ3) is 4.11. The molecule has 0 atom stereocenters. The van der Waals surface area contributed by atoms with Gasteiger partial charge in [-0.2, -0.15) is 5.10 Å². The first kappa shape index (κ1) is 19.4. The first-order chi connectivity index (χ1) is 13.5. The highest BCUT2D eigenvalue weighted by atomic mass is 16.4. The lowest BCUT2D eigenvalue weighted by Gasteiger charge is -2.21. The molecule has 0 aliphatic carbocycles. The van der Waals surface area contributed by atoms with Gasteiger partial charge in [-0.3, -0.25) is 4.79 Å². The van der Waals surface area contributed by atoms with Crippen LogP contribution in [0.5, 0.6) is 0 Å². The van der Waals surface area contributed by atoms with Gasteiger partial charge in [0.15, 0.2) is 0 Å². The summed E-state index contributed by atoms with van der Waals surface area (Å²) < 4.78 is 5.51. The lowest BCUT2D eigenvalue weighted by Crippen LogP contribution is -2.22. The predicted octanol–water partition coefficient (Wildman–Crippen LogP) is 3.79. The maximum Gasteiger partial charge on any atom is 0.345 e. The summed E-state index contributed by atoms with van der Waals surface area (Å²) in [5, 5.41) is 4.86. The van der Waals surface area contributed by atoms with E-state index in [0.29, 0.717) is 22.4 Å². The zero-order chi connectivity index (χ0) is 20.1. The lowest BCUT2D eigenvalue weighted by molar-refractivity contribution is 0.0955. The van der Waals surface area contributed by atoms with Gasteiger partial charge in [0.1, 0.15) is 5.58 Å². The van der Waals surface area contributed by atoms with Crippen molar-refractivity contribution in [3.63, 3.8) is 0 Å². The summed E-state index contributed by atoms with van der Waals surface area (Å²) in [6, 6.07) is 16.3. The molecule has 1 N–H and O–H groups in total. The van der Waals surface area contributed by atoms with E-state index in [4.69, 9.17) is 4.42 Å². The van der Waals surface area contributed by atoms with Gasteiger partial charge in [-0.05, 0) is 51.1 Å². The number of hydrazone groups is 1. The van der Waals surface area contributed by atoms with Crippen molar-refractivity contribution < 1.29 is 9.21 Å². The summed E-state index contributed by atoms with van der Waals surface area (Å²) in [6.07, 6.45) is 0. The molecule has 0 saturated carbocycles. The van der Waals surface area contributed by atoms with Crippen molar-refractivity contribution in [3.8, 4) is 0 Å². The SMILES string of the molecule is CCN(CC)c1ccc2cc(/C(C)=N\NC(=O)c3ccccc3)c(=O)oc2c1. The highest BCUT2D eigenvalue weighted by Crippen LogP contribution is 2.22. The van der Waals surface area contributed by atoms with Crippen LogP contribution in [-0.2, 0) is 0 Å². The molecule has 0 aliphatic heterocycles. The van der Waals surface area contributed by atoms with Crippen molar-refractivity contribution in [2.45, 2.75) is 20.8 Å². The molecule has 0 aliphatic rings. The van der Waals surface area contributed by atoms with Gasteiger partial charge in [0, 0.05) is 35.8 Å². The highest BCUT2D eigenvalue weighted by molar-refractivity contribution is 6.02. The number of nitrogens with zero attached hydrogens (tertiary/aromatic N) is 2. The number of anilines is 1. The average molecular weight is 377 g/mol. The summed E-state index contributed by atoms with van der Waals surface area (Å²) >= 11 is 0. The number of benzene rings is 2. The molecule has 28 heavy (non-hydrogen) atoms. The Labute approximate surface area is 163 Å². The van der Waals surface area contributed by atoms with E-state index in [-0.39, 0.29) is 5.91 Å². The monoisotopic (exact) mass is 377 g/mol. The van der Waals surface area contributed by atoms with Gasteiger partial charge in [0.2, 0.25) is 0 Å². The molecule has 3 aromatic rings. The summed E-state index contributed by atoms with van der Waals surface area (Å²) in [5.41, 5.74) is 4.71. The van der Waals surface area contributed by atoms with Crippen LogP contribution in [0.2, 0.25) is 0 Å². The van der Waals surface area contributed by atoms with E-state index in [1.54, 1.807) is 37.3 Å². The van der Waals surface area contributed by atoms with Gasteiger partial charge < -0.3 is 9.32 Å². The van der Waals surface area contributed by atoms with E-state index >= 15 is 0 Å². The Morgan fingerprint density at radius 1 is 1.07 bits per heavy atom. The lowest BCUT2D eigenvalue weighted by atomic mass is 10.1. The molecule has 0 spiro atoms. The van der Waals surface area contributed by atoms with E-state index in [2.05, 4.69) is 29.3 Å². The van der Waals surface area contributed by atoms with Gasteiger partial charge in [0.05, 0.1) is 11.3 Å². The number of rotatable bonds is 6. The zero-order valence-corrected chi connectivity index (χ0v) is 16.2. The molecule has 0 saturated heterocycles. The fourth-order valence-electron chi connectivity index (χ4n) is 2.99. The minimum Gasteiger partial charge on any atom is -0.422 e. The van der Waals surface area contributed by atoms with Crippen molar-refractivity contribution in [1.29, 1.82) is 0 Å². The largest absolute Gasteiger partial charge is 0.422 e. The Morgan fingerprint density at radius 2 is 1.79 bits per heavy atom. The van der Waals surface area contributed by atoms with Crippen LogP contribution >= 0.6 is 0 Å². The molecular weight excluding hydrogens is 354 g/mol. The Hall–Kier alpha value is -3.41. The number of nitrogens with one attached hydrogen (secondary N) is 1. The van der Waals surface area contributed by atoms with Crippen LogP contribution in [0.25, 0.3) is 11.0 Å². The molecule has 0 bridgehead atoms. The number of carbonyl (C=O) groups excluding carboxylic acids is 1. The average Bonchev–Trinajstić information content (AvgIpc) is 2.72. The van der Waals surface area contributed by atoms with E-state index in [1.807, 2.05) is 24.3 Å². The van der Waals surface area contributed by atoms with E-state index < -0.39 is 5.63 Å². The number of fused-ring (bicyclic) bond motifs is 1. The fourth-order valence-corrected chi connectivity index (χ4v) is 2.99. The van der Waals surface area contributed by atoms with Crippen LogP contribution in [0, 0.1) is 0 Å². The van der Waals surface area contributed by atoms with Crippen LogP contribution < -0.4 is 16.0 Å². The topological polar surface area (TPSA) is 74.9 Å². The highest BCUT2D eigenvalue weighted by Gasteiger charge is 2.11. The molecule has 144 valence electrons. The van der Waals surface area contributed by atoms with Crippen molar-refractivity contribution >= 4 is 28.3 Å². The minimum atomic E-state index is -0.487. The number of amides is 1. The molecule has 0 unspecified atom stereocenters. The first-order valence-electron chi connectivity index (χ1n) is 9.26. The second-order valence-corrected chi connectivity index (χ2v) is 6.35. The van der Waals surface area contributed by atoms with Crippen molar-refractivity contribution in [2.24, 2.45) is 5.10 Å². The molecule has 3 rings (SSSR count). The maximum atomic E-state index is 12.4. The summed E-state index contributed by atoms with van der Waals surface area (Å²) in [4.78, 5) is 26.7. The molecule has 6 heteroatoms. The van der Waals surface area contributed by atoms with Crippen LogP contribution in [0.1, 0.15) is 36.7 Å². The number of carbonyl (C=O) groups is 1. The summed E-state index contributed by atoms with van der Waals surface area (Å²) in [7, 11) is 0. The standard InChI is InChI=1S/C22H23N3O3/c1-4-25(5-2)18-12-11-17-13-19(22(27)28-20(17)14-18)15(3)23-24-21(26)16-9-7-6-8-10-16/h6-14H,4-5H2,1-3H3,(H,24,26)/b23-15-. The molecule has 0 radical (unpaired) electrons. The molecular formula is C22H23N3O3. The fraction of sp³-hybridized carbons (Fsp3) is 0.227. The minimum absolute atomic E-state index is 0.316. The van der Waals surface area contributed by atoms with Gasteiger partial charge in [-0.25, -0.2) is 10.2 Å². The van der Waals surface area contributed by atoms with Crippen molar-refractivity contribution in [1.82, 2.24) is 5.43 Å². The normalized spacial score (nSPS) is 11.5. The quantitative estimate of drug-likeness (QED) is 0.403.